The minimum absolute atomic E-state index is 0.0820. The first-order valence-electron chi connectivity index (χ1n) is 6.48. The quantitative estimate of drug-likeness (QED) is 0.822. The molecule has 106 valence electrons. The molecule has 6 heteroatoms. The van der Waals surface area contributed by atoms with Crippen molar-refractivity contribution in [2.75, 3.05) is 16.6 Å². The highest BCUT2D eigenvalue weighted by molar-refractivity contribution is 7.90. The van der Waals surface area contributed by atoms with Gasteiger partial charge in [-0.15, -0.1) is 0 Å². The van der Waals surface area contributed by atoms with Gasteiger partial charge in [0, 0.05) is 18.3 Å². The molecule has 0 radical (unpaired) electrons. The number of nitrogens with one attached hydrogen (secondary N) is 1. The molecule has 0 saturated heterocycles. The van der Waals surface area contributed by atoms with Crippen molar-refractivity contribution < 1.29 is 8.42 Å². The van der Waals surface area contributed by atoms with Crippen LogP contribution in [-0.4, -0.2) is 21.0 Å². The first kappa shape index (κ1) is 14.1. The molecule has 1 heterocycles. The second kappa shape index (κ2) is 5.02. The van der Waals surface area contributed by atoms with Crippen molar-refractivity contribution in [3.8, 4) is 0 Å². The van der Waals surface area contributed by atoms with Gasteiger partial charge in [-0.2, -0.15) is 13.1 Å². The van der Waals surface area contributed by atoms with Gasteiger partial charge in [0.1, 0.15) is 0 Å². The number of nitrogens with two attached hydrogens (primary N) is 1. The van der Waals surface area contributed by atoms with Crippen molar-refractivity contribution in [2.45, 2.75) is 33.2 Å². The Balaban J connectivity index is 2.31. The lowest BCUT2D eigenvalue weighted by Crippen LogP contribution is -2.44. The van der Waals surface area contributed by atoms with E-state index < -0.39 is 10.2 Å². The fourth-order valence-corrected chi connectivity index (χ4v) is 4.00. The van der Waals surface area contributed by atoms with Crippen molar-refractivity contribution in [2.24, 2.45) is 5.92 Å². The van der Waals surface area contributed by atoms with Gasteiger partial charge in [0.2, 0.25) is 0 Å². The molecule has 2 rings (SSSR count). The molecule has 1 atom stereocenters. The van der Waals surface area contributed by atoms with Crippen LogP contribution in [0.3, 0.4) is 0 Å². The monoisotopic (exact) mass is 283 g/mol. The van der Waals surface area contributed by atoms with E-state index in [4.69, 9.17) is 5.73 Å². The summed E-state index contributed by atoms with van der Waals surface area (Å²) in [6, 6.07) is 5.29. The van der Waals surface area contributed by atoms with Gasteiger partial charge in [-0.05, 0) is 43.0 Å². The van der Waals surface area contributed by atoms with E-state index in [1.807, 2.05) is 26.8 Å². The third-order valence-electron chi connectivity index (χ3n) is 3.19. The van der Waals surface area contributed by atoms with Crippen molar-refractivity contribution in [3.05, 3.63) is 23.8 Å². The second-order valence-corrected chi connectivity index (χ2v) is 7.12. The van der Waals surface area contributed by atoms with Gasteiger partial charge < -0.3 is 5.73 Å². The van der Waals surface area contributed by atoms with Crippen LogP contribution in [-0.2, 0) is 16.6 Å². The number of benzene rings is 1. The summed E-state index contributed by atoms with van der Waals surface area (Å²) in [5.74, 6) is 0.276. The van der Waals surface area contributed by atoms with Gasteiger partial charge in [-0.3, -0.25) is 4.31 Å². The zero-order valence-corrected chi connectivity index (χ0v) is 12.4. The summed E-state index contributed by atoms with van der Waals surface area (Å²) in [6.45, 7) is 6.30. The van der Waals surface area contributed by atoms with E-state index in [2.05, 4.69) is 4.72 Å². The first-order chi connectivity index (χ1) is 8.81. The van der Waals surface area contributed by atoms with Crippen molar-refractivity contribution in [1.29, 1.82) is 0 Å². The summed E-state index contributed by atoms with van der Waals surface area (Å²) in [5.41, 5.74) is 8.14. The molecule has 3 N–H and O–H groups in total. The highest BCUT2D eigenvalue weighted by Gasteiger charge is 2.34. The lowest BCUT2D eigenvalue weighted by atomic mass is 10.1. The summed E-state index contributed by atoms with van der Waals surface area (Å²) >= 11 is 0. The van der Waals surface area contributed by atoms with E-state index in [0.29, 0.717) is 18.7 Å². The molecule has 1 aromatic carbocycles. The molecule has 1 aromatic rings. The maximum atomic E-state index is 12.4. The normalized spacial score (nSPS) is 18.9. The molecule has 1 aliphatic rings. The lowest BCUT2D eigenvalue weighted by molar-refractivity contribution is 0.550. The number of nitrogens with zero attached hydrogens (tertiary/aromatic N) is 1. The molecule has 1 unspecified atom stereocenters. The Kier molecular flexibility index (Phi) is 3.73. The SMILES string of the molecule is CC(C)CNS(=O)(=O)N1c2ccc(N)cc2CC1C. The average molecular weight is 283 g/mol. The van der Waals surface area contributed by atoms with Crippen LogP contribution in [0.25, 0.3) is 0 Å². The molecule has 0 amide bonds. The van der Waals surface area contributed by atoms with Gasteiger partial charge in [0.05, 0.1) is 5.69 Å². The topological polar surface area (TPSA) is 75.4 Å². The van der Waals surface area contributed by atoms with Crippen LogP contribution in [0.1, 0.15) is 26.3 Å². The van der Waals surface area contributed by atoms with Crippen LogP contribution in [0.4, 0.5) is 11.4 Å². The maximum Gasteiger partial charge on any atom is 0.301 e. The van der Waals surface area contributed by atoms with Gasteiger partial charge in [0.15, 0.2) is 0 Å². The van der Waals surface area contributed by atoms with E-state index in [9.17, 15) is 8.42 Å². The Morgan fingerprint density at radius 3 is 2.79 bits per heavy atom. The largest absolute Gasteiger partial charge is 0.399 e. The van der Waals surface area contributed by atoms with E-state index in [1.165, 1.54) is 4.31 Å². The minimum atomic E-state index is -3.49. The predicted molar refractivity (Wildman–Crippen MR) is 78.3 cm³/mol. The molecule has 0 spiro atoms. The fourth-order valence-electron chi connectivity index (χ4n) is 2.33. The van der Waals surface area contributed by atoms with Crippen LogP contribution >= 0.6 is 0 Å². The molecular weight excluding hydrogens is 262 g/mol. The molecule has 0 saturated carbocycles. The molecule has 0 aliphatic carbocycles. The average Bonchev–Trinajstić information content (AvgIpc) is 2.62. The van der Waals surface area contributed by atoms with Crippen molar-refractivity contribution >= 4 is 21.6 Å². The number of hydrogen-bond donors (Lipinski definition) is 2. The smallest absolute Gasteiger partial charge is 0.301 e. The maximum absolute atomic E-state index is 12.4. The molecule has 5 nitrogen and oxygen atoms in total. The van der Waals surface area contributed by atoms with Gasteiger partial charge in [-0.1, -0.05) is 13.8 Å². The van der Waals surface area contributed by atoms with Crippen LogP contribution < -0.4 is 14.8 Å². The Bertz CT molecular complexity index is 569. The van der Waals surface area contributed by atoms with Gasteiger partial charge in [-0.25, -0.2) is 0 Å². The molecule has 19 heavy (non-hydrogen) atoms. The Hall–Kier alpha value is -1.27. The first-order valence-corrected chi connectivity index (χ1v) is 7.92. The van der Waals surface area contributed by atoms with E-state index >= 15 is 0 Å². The number of fused-ring (bicyclic) bond motifs is 1. The van der Waals surface area contributed by atoms with Crippen molar-refractivity contribution in [3.63, 3.8) is 0 Å². The van der Waals surface area contributed by atoms with E-state index in [1.54, 1.807) is 12.1 Å². The zero-order chi connectivity index (χ0) is 14.2. The summed E-state index contributed by atoms with van der Waals surface area (Å²) in [6.07, 6.45) is 0.697. The second-order valence-electron chi connectivity index (χ2n) is 5.48. The molecule has 0 fully saturated rings. The summed E-state index contributed by atoms with van der Waals surface area (Å²) < 4.78 is 28.9. The Morgan fingerprint density at radius 1 is 1.47 bits per heavy atom. The summed E-state index contributed by atoms with van der Waals surface area (Å²) in [4.78, 5) is 0. The Morgan fingerprint density at radius 2 is 2.16 bits per heavy atom. The standard InChI is InChI=1S/C13H21N3O2S/c1-9(2)8-15-19(17,18)16-10(3)6-11-7-12(14)4-5-13(11)16/h4-5,7,9-10,15H,6,8,14H2,1-3H3. The number of rotatable bonds is 4. The highest BCUT2D eigenvalue weighted by atomic mass is 32.2. The van der Waals surface area contributed by atoms with Crippen molar-refractivity contribution in [1.82, 2.24) is 4.72 Å². The summed E-state index contributed by atoms with van der Waals surface area (Å²) in [7, 11) is -3.49. The lowest BCUT2D eigenvalue weighted by Gasteiger charge is -2.25. The fraction of sp³-hybridized carbons (Fsp3) is 0.538. The van der Waals surface area contributed by atoms with Gasteiger partial charge in [0.25, 0.3) is 0 Å². The van der Waals surface area contributed by atoms with E-state index in [-0.39, 0.29) is 12.0 Å². The summed E-state index contributed by atoms with van der Waals surface area (Å²) in [5, 5.41) is 0. The number of anilines is 2. The van der Waals surface area contributed by atoms with Crippen LogP contribution in [0.15, 0.2) is 18.2 Å². The number of nitrogen functional groups attached to an aromatic ring is 1. The molecule has 0 aromatic heterocycles. The third kappa shape index (κ3) is 2.84. The highest BCUT2D eigenvalue weighted by Crippen LogP contribution is 2.35. The Labute approximate surface area is 115 Å². The molecular formula is C13H21N3O2S. The van der Waals surface area contributed by atoms with Crippen LogP contribution in [0.2, 0.25) is 0 Å². The van der Waals surface area contributed by atoms with Crippen LogP contribution in [0, 0.1) is 5.92 Å². The minimum Gasteiger partial charge on any atom is -0.399 e. The van der Waals surface area contributed by atoms with Crippen LogP contribution in [0.5, 0.6) is 0 Å². The predicted octanol–water partition coefficient (Wildman–Crippen LogP) is 1.51. The molecule has 1 aliphatic heterocycles. The third-order valence-corrected chi connectivity index (χ3v) is 4.80. The van der Waals surface area contributed by atoms with Gasteiger partial charge >= 0.3 is 10.2 Å². The molecule has 0 bridgehead atoms. The number of hydrogen-bond acceptors (Lipinski definition) is 3. The van der Waals surface area contributed by atoms with E-state index in [0.717, 1.165) is 11.3 Å². The zero-order valence-electron chi connectivity index (χ0n) is 11.6.